The maximum Gasteiger partial charge on any atom is 0.255 e. The Kier molecular flexibility index (Phi) is 5.92. The summed E-state index contributed by atoms with van der Waals surface area (Å²) in [5.41, 5.74) is 1.54. The van der Waals surface area contributed by atoms with Gasteiger partial charge in [-0.3, -0.25) is 14.6 Å². The summed E-state index contributed by atoms with van der Waals surface area (Å²) in [5, 5.41) is 3.07. The Morgan fingerprint density at radius 1 is 1.32 bits per heavy atom. The van der Waals surface area contributed by atoms with Crippen LogP contribution in [0.1, 0.15) is 55.1 Å². The first-order chi connectivity index (χ1) is 10.6. The topological polar surface area (TPSA) is 62.3 Å². The summed E-state index contributed by atoms with van der Waals surface area (Å²) in [5.74, 6) is 0.164. The van der Waals surface area contributed by atoms with Crippen LogP contribution in [-0.4, -0.2) is 40.8 Å². The molecular weight excluding hydrogens is 278 g/mol. The maximum absolute atomic E-state index is 12.4. The van der Waals surface area contributed by atoms with Gasteiger partial charge in [0.25, 0.3) is 5.91 Å². The van der Waals surface area contributed by atoms with Gasteiger partial charge >= 0.3 is 0 Å². The van der Waals surface area contributed by atoms with Gasteiger partial charge in [0.1, 0.15) is 0 Å². The zero-order valence-corrected chi connectivity index (χ0v) is 13.5. The highest BCUT2D eigenvalue weighted by molar-refractivity contribution is 5.94. The van der Waals surface area contributed by atoms with Crippen LogP contribution in [0.25, 0.3) is 0 Å². The monoisotopic (exact) mass is 303 g/mol. The summed E-state index contributed by atoms with van der Waals surface area (Å²) in [6.45, 7) is 5.36. The molecule has 0 unspecified atom stereocenters. The lowest BCUT2D eigenvalue weighted by atomic mass is 10.0. The molecule has 1 aromatic rings. The molecule has 1 aliphatic heterocycles. The molecule has 1 aromatic heterocycles. The summed E-state index contributed by atoms with van der Waals surface area (Å²) in [4.78, 5) is 30.1. The number of amides is 2. The lowest BCUT2D eigenvalue weighted by Crippen LogP contribution is -2.46. The van der Waals surface area contributed by atoms with E-state index in [1.165, 1.54) is 0 Å². The van der Waals surface area contributed by atoms with Gasteiger partial charge in [-0.25, -0.2) is 0 Å². The molecule has 0 aromatic carbocycles. The average molecular weight is 303 g/mol. The molecule has 0 aliphatic carbocycles. The second-order valence-electron chi connectivity index (χ2n) is 5.93. The van der Waals surface area contributed by atoms with Crippen LogP contribution in [0.4, 0.5) is 0 Å². The van der Waals surface area contributed by atoms with Gasteiger partial charge in [-0.05, 0) is 38.3 Å². The molecular formula is C17H25N3O2. The van der Waals surface area contributed by atoms with E-state index in [4.69, 9.17) is 0 Å². The van der Waals surface area contributed by atoms with E-state index in [-0.39, 0.29) is 17.9 Å². The first-order valence-electron chi connectivity index (χ1n) is 8.11. The van der Waals surface area contributed by atoms with E-state index < -0.39 is 0 Å². The first-order valence-corrected chi connectivity index (χ1v) is 8.11. The van der Waals surface area contributed by atoms with Crippen molar-refractivity contribution in [2.24, 2.45) is 0 Å². The Bertz CT molecular complexity index is 505. The Morgan fingerprint density at radius 3 is 2.64 bits per heavy atom. The summed E-state index contributed by atoms with van der Waals surface area (Å²) in [7, 11) is 0. The summed E-state index contributed by atoms with van der Waals surface area (Å²) in [6.07, 6.45) is 5.85. The van der Waals surface area contributed by atoms with E-state index in [0.717, 1.165) is 31.4 Å². The fraction of sp³-hybridized carbons (Fsp3) is 0.588. The largest absolute Gasteiger partial charge is 0.353 e. The molecule has 2 amide bonds. The van der Waals surface area contributed by atoms with Gasteiger partial charge in [-0.1, -0.05) is 13.3 Å². The molecule has 0 atom stereocenters. The van der Waals surface area contributed by atoms with Crippen LogP contribution in [0.5, 0.6) is 0 Å². The van der Waals surface area contributed by atoms with Crippen molar-refractivity contribution in [3.05, 3.63) is 29.6 Å². The number of aryl methyl sites for hydroxylation is 1. The van der Waals surface area contributed by atoms with Crippen molar-refractivity contribution in [1.82, 2.24) is 15.2 Å². The molecule has 120 valence electrons. The molecule has 5 nitrogen and oxygen atoms in total. The van der Waals surface area contributed by atoms with Crippen LogP contribution >= 0.6 is 0 Å². The Balaban J connectivity index is 1.80. The van der Waals surface area contributed by atoms with Gasteiger partial charge in [0.2, 0.25) is 5.91 Å². The van der Waals surface area contributed by atoms with Crippen LogP contribution in [0.15, 0.2) is 18.3 Å². The summed E-state index contributed by atoms with van der Waals surface area (Å²) in [6, 6.07) is 3.88. The lowest BCUT2D eigenvalue weighted by molar-refractivity contribution is -0.122. The number of carbonyl (C=O) groups is 2. The number of hydrogen-bond acceptors (Lipinski definition) is 3. The number of carbonyl (C=O) groups excluding carboxylic acids is 2. The van der Waals surface area contributed by atoms with Crippen molar-refractivity contribution in [2.45, 2.75) is 52.0 Å². The van der Waals surface area contributed by atoms with Crippen LogP contribution in [0, 0.1) is 6.92 Å². The highest BCUT2D eigenvalue weighted by Gasteiger charge is 2.24. The molecule has 1 N–H and O–H groups in total. The third-order valence-corrected chi connectivity index (χ3v) is 4.06. The number of nitrogens with zero attached hydrogens (tertiary/aromatic N) is 2. The second kappa shape index (κ2) is 7.92. The zero-order valence-electron chi connectivity index (χ0n) is 13.5. The maximum atomic E-state index is 12.4. The Labute approximate surface area is 132 Å². The number of likely N-dealkylation sites (tertiary alicyclic amines) is 1. The molecule has 1 saturated heterocycles. The smallest absolute Gasteiger partial charge is 0.255 e. The first kappa shape index (κ1) is 16.5. The highest BCUT2D eigenvalue weighted by atomic mass is 16.2. The molecule has 0 radical (unpaired) electrons. The molecule has 2 heterocycles. The SMILES string of the molecule is CCCCC(=O)NC1CCN(C(=O)c2ccc(C)nc2)CC1. The van der Waals surface area contributed by atoms with Gasteiger partial charge in [0.05, 0.1) is 5.56 Å². The predicted octanol–water partition coefficient (Wildman–Crippen LogP) is 2.30. The minimum absolute atomic E-state index is 0.0308. The van der Waals surface area contributed by atoms with Crippen molar-refractivity contribution in [3.63, 3.8) is 0 Å². The standard InChI is InChI=1S/C17H25N3O2/c1-3-4-5-16(21)19-15-8-10-20(11-9-15)17(22)14-7-6-13(2)18-12-14/h6-7,12,15H,3-5,8-11H2,1-2H3,(H,19,21). The third kappa shape index (κ3) is 4.55. The molecule has 0 saturated carbocycles. The molecule has 22 heavy (non-hydrogen) atoms. The van der Waals surface area contributed by atoms with Gasteiger partial charge in [-0.15, -0.1) is 0 Å². The van der Waals surface area contributed by atoms with Crippen molar-refractivity contribution in [1.29, 1.82) is 0 Å². The highest BCUT2D eigenvalue weighted by Crippen LogP contribution is 2.14. The summed E-state index contributed by atoms with van der Waals surface area (Å²) < 4.78 is 0. The summed E-state index contributed by atoms with van der Waals surface area (Å²) >= 11 is 0. The van der Waals surface area contributed by atoms with Crippen LogP contribution < -0.4 is 5.32 Å². The van der Waals surface area contributed by atoms with E-state index in [1.807, 2.05) is 24.0 Å². The average Bonchev–Trinajstić information content (AvgIpc) is 2.54. The fourth-order valence-corrected chi connectivity index (χ4v) is 2.64. The number of unbranched alkanes of at least 4 members (excludes halogenated alkanes) is 1. The van der Waals surface area contributed by atoms with E-state index in [2.05, 4.69) is 17.2 Å². The molecule has 5 heteroatoms. The molecule has 1 fully saturated rings. The normalized spacial score (nSPS) is 15.6. The van der Waals surface area contributed by atoms with E-state index in [9.17, 15) is 9.59 Å². The van der Waals surface area contributed by atoms with Crippen molar-refractivity contribution in [3.8, 4) is 0 Å². The predicted molar refractivity (Wildman–Crippen MR) is 85.6 cm³/mol. The molecule has 0 spiro atoms. The van der Waals surface area contributed by atoms with Crippen molar-refractivity contribution in [2.75, 3.05) is 13.1 Å². The second-order valence-corrected chi connectivity index (χ2v) is 5.93. The number of aromatic nitrogens is 1. The van der Waals surface area contributed by atoms with Gasteiger partial charge < -0.3 is 10.2 Å². The van der Waals surface area contributed by atoms with Crippen LogP contribution in [0.2, 0.25) is 0 Å². The van der Waals surface area contributed by atoms with E-state index in [0.29, 0.717) is 25.1 Å². The third-order valence-electron chi connectivity index (χ3n) is 4.06. The molecule has 1 aliphatic rings. The van der Waals surface area contributed by atoms with E-state index >= 15 is 0 Å². The Morgan fingerprint density at radius 2 is 2.05 bits per heavy atom. The fourth-order valence-electron chi connectivity index (χ4n) is 2.64. The lowest BCUT2D eigenvalue weighted by Gasteiger charge is -2.32. The minimum atomic E-state index is 0.0308. The number of rotatable bonds is 5. The van der Waals surface area contributed by atoms with Gasteiger partial charge in [0, 0.05) is 37.4 Å². The van der Waals surface area contributed by atoms with Crippen LogP contribution in [-0.2, 0) is 4.79 Å². The molecule has 2 rings (SSSR count). The molecule has 0 bridgehead atoms. The zero-order chi connectivity index (χ0) is 15.9. The number of piperidine rings is 1. The van der Waals surface area contributed by atoms with Crippen molar-refractivity contribution < 1.29 is 9.59 Å². The number of nitrogens with one attached hydrogen (secondary N) is 1. The quantitative estimate of drug-likeness (QED) is 0.908. The number of hydrogen-bond donors (Lipinski definition) is 1. The Hall–Kier alpha value is -1.91. The minimum Gasteiger partial charge on any atom is -0.353 e. The number of pyridine rings is 1. The van der Waals surface area contributed by atoms with Crippen LogP contribution in [0.3, 0.4) is 0 Å². The van der Waals surface area contributed by atoms with E-state index in [1.54, 1.807) is 6.20 Å². The van der Waals surface area contributed by atoms with Gasteiger partial charge in [-0.2, -0.15) is 0 Å². The van der Waals surface area contributed by atoms with Crippen molar-refractivity contribution >= 4 is 11.8 Å². The van der Waals surface area contributed by atoms with Gasteiger partial charge in [0.15, 0.2) is 0 Å².